The highest BCUT2D eigenvalue weighted by Gasteiger charge is 2.14. The lowest BCUT2D eigenvalue weighted by Crippen LogP contribution is -2.37. The lowest BCUT2D eigenvalue weighted by Gasteiger charge is -2.09. The van der Waals surface area contributed by atoms with Crippen molar-refractivity contribution < 1.29 is 9.18 Å². The van der Waals surface area contributed by atoms with Crippen molar-refractivity contribution in [3.05, 3.63) is 73.8 Å². The number of nitrogens with zero attached hydrogens (tertiary/aromatic N) is 3. The van der Waals surface area contributed by atoms with Crippen LogP contribution in [0.2, 0.25) is 0 Å². The second-order valence-corrected chi connectivity index (χ2v) is 6.04. The maximum atomic E-state index is 13.6. The lowest BCUT2D eigenvalue weighted by atomic mass is 10.1. The van der Waals surface area contributed by atoms with Gasteiger partial charge in [-0.25, -0.2) is 14.2 Å². The number of carbonyl (C=O) groups is 1. The van der Waals surface area contributed by atoms with Crippen LogP contribution in [0.3, 0.4) is 0 Å². The molecule has 1 N–H and O–H groups in total. The molecule has 0 fully saturated rings. The molecular formula is C18H17FN4O3. The first-order valence-electron chi connectivity index (χ1n) is 7.89. The minimum absolute atomic E-state index is 0.0633. The van der Waals surface area contributed by atoms with Crippen LogP contribution in [-0.4, -0.2) is 20.0 Å². The van der Waals surface area contributed by atoms with Gasteiger partial charge in [0.05, 0.1) is 5.39 Å². The van der Waals surface area contributed by atoms with Gasteiger partial charge in [0.25, 0.3) is 11.5 Å². The number of fused-ring (bicyclic) bond motifs is 1. The molecule has 0 spiro atoms. The van der Waals surface area contributed by atoms with Crippen LogP contribution in [0, 0.1) is 12.7 Å². The summed E-state index contributed by atoms with van der Waals surface area (Å²) < 4.78 is 15.8. The van der Waals surface area contributed by atoms with Crippen molar-refractivity contribution >= 4 is 16.9 Å². The molecule has 1 aromatic carbocycles. The highest BCUT2D eigenvalue weighted by Crippen LogP contribution is 2.10. The molecule has 0 radical (unpaired) electrons. The van der Waals surface area contributed by atoms with Crippen molar-refractivity contribution in [2.75, 3.05) is 0 Å². The topological polar surface area (TPSA) is 86.0 Å². The molecule has 3 rings (SSSR count). The number of hydrogen-bond donors (Lipinski definition) is 1. The zero-order chi connectivity index (χ0) is 19.0. The first-order valence-corrected chi connectivity index (χ1v) is 7.89. The van der Waals surface area contributed by atoms with Gasteiger partial charge in [0, 0.05) is 20.6 Å². The van der Waals surface area contributed by atoms with E-state index in [2.05, 4.69) is 10.3 Å². The normalized spacial score (nSPS) is 10.9. The van der Waals surface area contributed by atoms with E-state index < -0.39 is 17.2 Å². The minimum Gasteiger partial charge on any atom is -0.347 e. The van der Waals surface area contributed by atoms with E-state index >= 15 is 0 Å². The van der Waals surface area contributed by atoms with E-state index in [1.165, 1.54) is 36.9 Å². The third-order valence-electron chi connectivity index (χ3n) is 4.22. The van der Waals surface area contributed by atoms with Crippen LogP contribution in [0.1, 0.15) is 21.6 Å². The Labute approximate surface area is 147 Å². The Morgan fingerprint density at radius 2 is 1.88 bits per heavy atom. The fraction of sp³-hybridized carbons (Fsp3) is 0.222. The molecule has 26 heavy (non-hydrogen) atoms. The second-order valence-electron chi connectivity index (χ2n) is 6.04. The number of carbonyl (C=O) groups excluding carboxylic acids is 1. The highest BCUT2D eigenvalue weighted by atomic mass is 19.1. The maximum absolute atomic E-state index is 13.6. The standard InChI is InChI=1S/C18H17FN4O3/c1-10-4-5-11(8-13(10)19)9-20-16(24)14-7-6-12-15(21-14)22(2)18(26)23(3)17(12)25/h4-8H,9H2,1-3H3,(H,20,24). The van der Waals surface area contributed by atoms with E-state index in [4.69, 9.17) is 0 Å². The van der Waals surface area contributed by atoms with E-state index in [1.54, 1.807) is 19.1 Å². The van der Waals surface area contributed by atoms with Gasteiger partial charge in [0.15, 0.2) is 0 Å². The molecule has 0 bridgehead atoms. The number of aromatic nitrogens is 3. The van der Waals surface area contributed by atoms with Crippen LogP contribution in [0.15, 0.2) is 39.9 Å². The van der Waals surface area contributed by atoms with Gasteiger partial charge in [-0.05, 0) is 36.2 Å². The van der Waals surface area contributed by atoms with Crippen LogP contribution in [0.4, 0.5) is 4.39 Å². The Morgan fingerprint density at radius 3 is 2.58 bits per heavy atom. The summed E-state index contributed by atoms with van der Waals surface area (Å²) >= 11 is 0. The molecule has 2 aromatic heterocycles. The monoisotopic (exact) mass is 356 g/mol. The molecule has 0 atom stereocenters. The zero-order valence-corrected chi connectivity index (χ0v) is 14.5. The summed E-state index contributed by atoms with van der Waals surface area (Å²) in [5.41, 5.74) is 0.336. The Balaban J connectivity index is 1.90. The molecular weight excluding hydrogens is 339 g/mol. The van der Waals surface area contributed by atoms with Gasteiger partial charge in [0.2, 0.25) is 0 Å². The van der Waals surface area contributed by atoms with E-state index in [0.29, 0.717) is 11.1 Å². The summed E-state index contributed by atoms with van der Waals surface area (Å²) in [6, 6.07) is 7.59. The molecule has 0 saturated heterocycles. The molecule has 1 amide bonds. The number of hydrogen-bond acceptors (Lipinski definition) is 4. The smallest absolute Gasteiger partial charge is 0.332 e. The molecule has 7 nitrogen and oxygen atoms in total. The number of rotatable bonds is 3. The quantitative estimate of drug-likeness (QED) is 0.759. The number of pyridine rings is 1. The van der Waals surface area contributed by atoms with E-state index in [0.717, 1.165) is 4.57 Å². The molecule has 0 saturated carbocycles. The number of halogens is 1. The summed E-state index contributed by atoms with van der Waals surface area (Å²) in [6.45, 7) is 1.79. The Kier molecular flexibility index (Phi) is 4.41. The summed E-state index contributed by atoms with van der Waals surface area (Å²) in [6.07, 6.45) is 0. The largest absolute Gasteiger partial charge is 0.347 e. The van der Waals surface area contributed by atoms with Crippen molar-refractivity contribution in [3.63, 3.8) is 0 Å². The Morgan fingerprint density at radius 1 is 1.15 bits per heavy atom. The Bertz CT molecular complexity index is 1150. The molecule has 0 aliphatic carbocycles. The number of nitrogens with one attached hydrogen (secondary N) is 1. The van der Waals surface area contributed by atoms with E-state index in [-0.39, 0.29) is 29.1 Å². The van der Waals surface area contributed by atoms with Crippen molar-refractivity contribution in [2.24, 2.45) is 14.1 Å². The van der Waals surface area contributed by atoms with Gasteiger partial charge < -0.3 is 5.32 Å². The van der Waals surface area contributed by atoms with Crippen LogP contribution in [-0.2, 0) is 20.6 Å². The van der Waals surface area contributed by atoms with Crippen LogP contribution in [0.5, 0.6) is 0 Å². The molecule has 2 heterocycles. The third kappa shape index (κ3) is 3.01. The highest BCUT2D eigenvalue weighted by molar-refractivity contribution is 5.94. The van der Waals surface area contributed by atoms with Crippen molar-refractivity contribution in [1.82, 2.24) is 19.4 Å². The van der Waals surface area contributed by atoms with Crippen LogP contribution in [0.25, 0.3) is 11.0 Å². The lowest BCUT2D eigenvalue weighted by molar-refractivity contribution is 0.0946. The molecule has 0 aliphatic rings. The minimum atomic E-state index is -0.525. The maximum Gasteiger partial charge on any atom is 0.332 e. The van der Waals surface area contributed by atoms with E-state index in [9.17, 15) is 18.8 Å². The molecule has 134 valence electrons. The third-order valence-corrected chi connectivity index (χ3v) is 4.22. The average Bonchev–Trinajstić information content (AvgIpc) is 2.64. The first-order chi connectivity index (χ1) is 12.3. The van der Waals surface area contributed by atoms with Gasteiger partial charge in [-0.2, -0.15) is 0 Å². The van der Waals surface area contributed by atoms with Crippen LogP contribution < -0.4 is 16.6 Å². The molecule has 3 aromatic rings. The van der Waals surface area contributed by atoms with E-state index in [1.807, 2.05) is 0 Å². The van der Waals surface area contributed by atoms with Crippen molar-refractivity contribution in [3.8, 4) is 0 Å². The van der Waals surface area contributed by atoms with Crippen LogP contribution >= 0.6 is 0 Å². The molecule has 0 aliphatic heterocycles. The zero-order valence-electron chi connectivity index (χ0n) is 14.5. The van der Waals surface area contributed by atoms with Crippen molar-refractivity contribution in [1.29, 1.82) is 0 Å². The molecule has 0 unspecified atom stereocenters. The number of aryl methyl sites for hydroxylation is 2. The predicted octanol–water partition coefficient (Wildman–Crippen LogP) is 1.01. The van der Waals surface area contributed by atoms with Gasteiger partial charge in [-0.3, -0.25) is 18.7 Å². The average molecular weight is 356 g/mol. The number of amides is 1. The summed E-state index contributed by atoms with van der Waals surface area (Å²) in [5, 5.41) is 2.89. The Hall–Kier alpha value is -3.29. The van der Waals surface area contributed by atoms with Gasteiger partial charge in [0.1, 0.15) is 17.2 Å². The summed E-state index contributed by atoms with van der Waals surface area (Å²) in [7, 11) is 2.86. The number of benzene rings is 1. The van der Waals surface area contributed by atoms with Crippen molar-refractivity contribution in [2.45, 2.75) is 13.5 Å². The summed E-state index contributed by atoms with van der Waals surface area (Å²) in [4.78, 5) is 40.6. The fourth-order valence-electron chi connectivity index (χ4n) is 2.60. The van der Waals surface area contributed by atoms with Gasteiger partial charge in [-0.15, -0.1) is 0 Å². The first kappa shape index (κ1) is 17.5. The fourth-order valence-corrected chi connectivity index (χ4v) is 2.60. The second kappa shape index (κ2) is 6.55. The predicted molar refractivity (Wildman–Crippen MR) is 94.5 cm³/mol. The van der Waals surface area contributed by atoms with Gasteiger partial charge in [-0.1, -0.05) is 12.1 Å². The molecule has 8 heteroatoms. The van der Waals surface area contributed by atoms with Gasteiger partial charge >= 0.3 is 5.69 Å². The summed E-state index contributed by atoms with van der Waals surface area (Å²) in [5.74, 6) is -0.826. The SMILES string of the molecule is Cc1ccc(CNC(=O)c2ccc3c(=O)n(C)c(=O)n(C)c3n2)cc1F.